The van der Waals surface area contributed by atoms with Crippen LogP contribution in [0.5, 0.6) is 0 Å². The molecule has 2 amide bonds. The van der Waals surface area contributed by atoms with Crippen molar-refractivity contribution < 1.29 is 14.3 Å². The lowest BCUT2D eigenvalue weighted by Crippen LogP contribution is -2.47. The molecule has 0 aliphatic carbocycles. The van der Waals surface area contributed by atoms with E-state index >= 15 is 0 Å². The van der Waals surface area contributed by atoms with Gasteiger partial charge in [-0.2, -0.15) is 0 Å². The molecule has 2 saturated heterocycles. The highest BCUT2D eigenvalue weighted by Gasteiger charge is 2.48. The van der Waals surface area contributed by atoms with Crippen LogP contribution in [0.2, 0.25) is 0 Å². The molecular formula is C16H24N2O3. The average molecular weight is 292 g/mol. The molecule has 0 aromatic carbocycles. The van der Waals surface area contributed by atoms with Crippen molar-refractivity contribution >= 4 is 11.8 Å². The minimum absolute atomic E-state index is 0.0861. The van der Waals surface area contributed by atoms with Gasteiger partial charge in [0.2, 0.25) is 5.91 Å². The summed E-state index contributed by atoms with van der Waals surface area (Å²) in [4.78, 5) is 27.3. The van der Waals surface area contributed by atoms with Crippen molar-refractivity contribution in [3.05, 3.63) is 0 Å². The van der Waals surface area contributed by atoms with Crippen molar-refractivity contribution in [2.75, 3.05) is 39.9 Å². The molecule has 2 fully saturated rings. The van der Waals surface area contributed by atoms with Gasteiger partial charge in [0, 0.05) is 46.1 Å². The van der Waals surface area contributed by atoms with Crippen LogP contribution in [-0.2, 0) is 14.3 Å². The molecule has 116 valence electrons. The highest BCUT2D eigenvalue weighted by molar-refractivity contribution is 5.93. The summed E-state index contributed by atoms with van der Waals surface area (Å²) in [5, 5.41) is 0. The van der Waals surface area contributed by atoms with E-state index in [1.807, 2.05) is 9.80 Å². The Morgan fingerprint density at radius 2 is 1.95 bits per heavy atom. The number of piperidine rings is 1. The first-order valence-electron chi connectivity index (χ1n) is 7.48. The molecule has 0 saturated carbocycles. The molecule has 5 nitrogen and oxygen atoms in total. The minimum atomic E-state index is -0.0861. The second kappa shape index (κ2) is 6.48. The maximum atomic E-state index is 11.8. The molecule has 2 heterocycles. The Hall–Kier alpha value is -1.54. The summed E-state index contributed by atoms with van der Waals surface area (Å²) >= 11 is 0. The third-order valence-corrected chi connectivity index (χ3v) is 4.90. The number of likely N-dealkylation sites (tertiary alicyclic amines) is 2. The van der Waals surface area contributed by atoms with Crippen LogP contribution in [0, 0.1) is 23.2 Å². The Morgan fingerprint density at radius 1 is 1.29 bits per heavy atom. The predicted molar refractivity (Wildman–Crippen MR) is 79.3 cm³/mol. The average Bonchev–Trinajstić information content (AvgIpc) is 2.79. The van der Waals surface area contributed by atoms with Crippen LogP contribution in [0.3, 0.4) is 0 Å². The molecule has 1 atom stereocenters. The summed E-state index contributed by atoms with van der Waals surface area (Å²) in [6, 6.07) is 0. The van der Waals surface area contributed by atoms with E-state index in [9.17, 15) is 9.59 Å². The first kappa shape index (κ1) is 15.8. The zero-order valence-electron chi connectivity index (χ0n) is 13.1. The zero-order valence-corrected chi connectivity index (χ0v) is 13.1. The molecule has 0 aromatic rings. The van der Waals surface area contributed by atoms with E-state index in [0.29, 0.717) is 12.5 Å². The van der Waals surface area contributed by atoms with Gasteiger partial charge in [0.1, 0.15) is 0 Å². The van der Waals surface area contributed by atoms with E-state index in [1.165, 1.54) is 0 Å². The highest BCUT2D eigenvalue weighted by Crippen LogP contribution is 2.44. The second-order valence-corrected chi connectivity index (χ2v) is 6.08. The van der Waals surface area contributed by atoms with Crippen LogP contribution in [0.4, 0.5) is 0 Å². The number of hydrogen-bond donors (Lipinski definition) is 0. The van der Waals surface area contributed by atoms with E-state index in [1.54, 1.807) is 21.0 Å². The molecule has 2 aliphatic rings. The number of amides is 2. The fraction of sp³-hybridized carbons (Fsp3) is 0.750. The van der Waals surface area contributed by atoms with Gasteiger partial charge in [-0.05, 0) is 31.1 Å². The standard InChI is InChI=1S/C16H24N2O3/c1-4-5-15(20)17-8-6-16(7-9-17)12-18(13(2)19)10-14(16)11-21-3/h14H,6-12H2,1-3H3. The predicted octanol–water partition coefficient (Wildman–Crippen LogP) is 0.743. The van der Waals surface area contributed by atoms with Gasteiger partial charge in [-0.3, -0.25) is 9.59 Å². The SMILES string of the molecule is CC#CC(=O)N1CCC2(CC1)CN(C(C)=O)CC2COC. The summed E-state index contributed by atoms with van der Waals surface area (Å²) in [7, 11) is 1.71. The van der Waals surface area contributed by atoms with Gasteiger partial charge in [-0.25, -0.2) is 0 Å². The van der Waals surface area contributed by atoms with Gasteiger partial charge in [-0.15, -0.1) is 0 Å². The van der Waals surface area contributed by atoms with E-state index in [-0.39, 0.29) is 17.2 Å². The highest BCUT2D eigenvalue weighted by atomic mass is 16.5. The largest absolute Gasteiger partial charge is 0.384 e. The quantitative estimate of drug-likeness (QED) is 0.706. The number of ether oxygens (including phenoxy) is 1. The van der Waals surface area contributed by atoms with E-state index in [4.69, 9.17) is 4.74 Å². The smallest absolute Gasteiger partial charge is 0.298 e. The number of methoxy groups -OCH3 is 1. The van der Waals surface area contributed by atoms with Gasteiger partial charge in [0.05, 0.1) is 6.61 Å². The van der Waals surface area contributed by atoms with Crippen LogP contribution in [0.15, 0.2) is 0 Å². The lowest BCUT2D eigenvalue weighted by atomic mass is 9.71. The van der Waals surface area contributed by atoms with Crippen molar-refractivity contribution in [3.63, 3.8) is 0 Å². The Bertz CT molecular complexity index is 470. The Morgan fingerprint density at radius 3 is 2.48 bits per heavy atom. The van der Waals surface area contributed by atoms with Crippen LogP contribution in [0.25, 0.3) is 0 Å². The molecule has 1 unspecified atom stereocenters. The second-order valence-electron chi connectivity index (χ2n) is 6.08. The van der Waals surface area contributed by atoms with Crippen molar-refractivity contribution in [3.8, 4) is 11.8 Å². The maximum Gasteiger partial charge on any atom is 0.298 e. The Kier molecular flexibility index (Phi) is 4.89. The number of carbonyl (C=O) groups is 2. The first-order valence-corrected chi connectivity index (χ1v) is 7.48. The molecule has 2 aliphatic heterocycles. The zero-order chi connectivity index (χ0) is 15.5. The third-order valence-electron chi connectivity index (χ3n) is 4.90. The number of nitrogens with zero attached hydrogens (tertiary/aromatic N) is 2. The first-order chi connectivity index (χ1) is 10.0. The van der Waals surface area contributed by atoms with Gasteiger partial charge >= 0.3 is 0 Å². The Balaban J connectivity index is 2.06. The molecule has 0 bridgehead atoms. The maximum absolute atomic E-state index is 11.8. The molecule has 0 N–H and O–H groups in total. The number of rotatable bonds is 2. The molecule has 0 aromatic heterocycles. The van der Waals surface area contributed by atoms with Gasteiger partial charge in [0.15, 0.2) is 0 Å². The van der Waals surface area contributed by atoms with Crippen LogP contribution < -0.4 is 0 Å². The summed E-state index contributed by atoms with van der Waals surface area (Å²) in [6.45, 7) is 6.98. The lowest BCUT2D eigenvalue weighted by Gasteiger charge is -2.41. The van der Waals surface area contributed by atoms with Gasteiger partial charge in [0.25, 0.3) is 5.91 Å². The fourth-order valence-corrected chi connectivity index (χ4v) is 3.61. The molecule has 1 spiro atoms. The van der Waals surface area contributed by atoms with E-state index < -0.39 is 0 Å². The van der Waals surface area contributed by atoms with E-state index in [0.717, 1.165) is 39.0 Å². The summed E-state index contributed by atoms with van der Waals surface area (Å²) in [6.07, 6.45) is 1.84. The molecule has 5 heteroatoms. The summed E-state index contributed by atoms with van der Waals surface area (Å²) in [5.74, 6) is 5.67. The van der Waals surface area contributed by atoms with Crippen molar-refractivity contribution in [2.45, 2.75) is 26.7 Å². The lowest BCUT2D eigenvalue weighted by molar-refractivity contribution is -0.130. The van der Waals surface area contributed by atoms with E-state index in [2.05, 4.69) is 11.8 Å². The molecular weight excluding hydrogens is 268 g/mol. The third kappa shape index (κ3) is 3.21. The topological polar surface area (TPSA) is 49.9 Å². The molecule has 21 heavy (non-hydrogen) atoms. The van der Waals surface area contributed by atoms with Crippen molar-refractivity contribution in [1.82, 2.24) is 9.80 Å². The minimum Gasteiger partial charge on any atom is -0.384 e. The van der Waals surface area contributed by atoms with Crippen LogP contribution in [0.1, 0.15) is 26.7 Å². The monoisotopic (exact) mass is 292 g/mol. The fourth-order valence-electron chi connectivity index (χ4n) is 3.61. The van der Waals surface area contributed by atoms with Gasteiger partial charge in [-0.1, -0.05) is 5.92 Å². The summed E-state index contributed by atoms with van der Waals surface area (Å²) < 4.78 is 5.35. The normalized spacial score (nSPS) is 23.9. The molecule has 2 rings (SSSR count). The van der Waals surface area contributed by atoms with Crippen LogP contribution >= 0.6 is 0 Å². The number of carbonyl (C=O) groups excluding carboxylic acids is 2. The van der Waals surface area contributed by atoms with Crippen molar-refractivity contribution in [2.24, 2.45) is 11.3 Å². The molecule has 0 radical (unpaired) electrons. The van der Waals surface area contributed by atoms with Gasteiger partial charge < -0.3 is 14.5 Å². The Labute approximate surface area is 126 Å². The summed E-state index contributed by atoms with van der Waals surface area (Å²) in [5.41, 5.74) is 0.0953. The van der Waals surface area contributed by atoms with Crippen molar-refractivity contribution in [1.29, 1.82) is 0 Å². The number of hydrogen-bond acceptors (Lipinski definition) is 3. The van der Waals surface area contributed by atoms with Crippen LogP contribution in [-0.4, -0.2) is 61.5 Å².